The van der Waals surface area contributed by atoms with E-state index in [-0.39, 0.29) is 18.1 Å². The van der Waals surface area contributed by atoms with E-state index in [0.717, 1.165) is 25.7 Å². The zero-order valence-electron chi connectivity index (χ0n) is 11.3. The Morgan fingerprint density at radius 2 is 1.89 bits per heavy atom. The molecule has 1 saturated carbocycles. The van der Waals surface area contributed by atoms with Gasteiger partial charge in [0.15, 0.2) is 0 Å². The van der Waals surface area contributed by atoms with Crippen LogP contribution < -0.4 is 0 Å². The van der Waals surface area contributed by atoms with Gasteiger partial charge in [-0.1, -0.05) is 12.8 Å². The maximum atomic E-state index is 12.3. The summed E-state index contributed by atoms with van der Waals surface area (Å²) in [6.07, 6.45) is 6.77. The van der Waals surface area contributed by atoms with Crippen molar-refractivity contribution in [1.82, 2.24) is 4.90 Å². The van der Waals surface area contributed by atoms with Crippen molar-refractivity contribution in [2.45, 2.75) is 57.1 Å². The van der Waals surface area contributed by atoms with Crippen molar-refractivity contribution in [1.29, 1.82) is 0 Å². The second kappa shape index (κ2) is 6.80. The lowest BCUT2D eigenvalue weighted by Gasteiger charge is -2.36. The first kappa shape index (κ1) is 14.2. The molecule has 0 bridgehead atoms. The third kappa shape index (κ3) is 3.64. The standard InChI is InChI=1S/C14H25NO2S/c1-15(12-4-2-3-5-13(12)16)14(17)10-11-6-8-18-9-7-11/h11-13,16H,2-10H2,1H3. The van der Waals surface area contributed by atoms with Crippen molar-refractivity contribution in [3.05, 3.63) is 0 Å². The van der Waals surface area contributed by atoms with Gasteiger partial charge in [-0.3, -0.25) is 4.79 Å². The highest BCUT2D eigenvalue weighted by Gasteiger charge is 2.30. The molecule has 0 aromatic carbocycles. The summed E-state index contributed by atoms with van der Waals surface area (Å²) >= 11 is 2.00. The van der Waals surface area contributed by atoms with Crippen molar-refractivity contribution in [2.24, 2.45) is 5.92 Å². The van der Waals surface area contributed by atoms with Crippen molar-refractivity contribution in [3.8, 4) is 0 Å². The molecule has 2 atom stereocenters. The van der Waals surface area contributed by atoms with Gasteiger partial charge in [-0.15, -0.1) is 0 Å². The van der Waals surface area contributed by atoms with Crippen LogP contribution in [0.2, 0.25) is 0 Å². The highest BCUT2D eigenvalue weighted by Crippen LogP contribution is 2.27. The van der Waals surface area contributed by atoms with Crippen LogP contribution in [-0.4, -0.2) is 46.6 Å². The van der Waals surface area contributed by atoms with Crippen LogP contribution in [-0.2, 0) is 4.79 Å². The minimum atomic E-state index is -0.311. The number of carbonyl (C=O) groups excluding carboxylic acids is 1. The average Bonchev–Trinajstić information content (AvgIpc) is 2.39. The lowest BCUT2D eigenvalue weighted by atomic mass is 9.90. The van der Waals surface area contributed by atoms with Crippen LogP contribution in [0.5, 0.6) is 0 Å². The Morgan fingerprint density at radius 1 is 1.22 bits per heavy atom. The van der Waals surface area contributed by atoms with Gasteiger partial charge >= 0.3 is 0 Å². The third-order valence-corrected chi connectivity index (χ3v) is 5.44. The van der Waals surface area contributed by atoms with Gasteiger partial charge in [0.25, 0.3) is 0 Å². The summed E-state index contributed by atoms with van der Waals surface area (Å²) in [5.74, 6) is 3.21. The normalized spacial score (nSPS) is 30.1. The highest BCUT2D eigenvalue weighted by molar-refractivity contribution is 7.99. The molecule has 1 saturated heterocycles. The molecule has 3 nitrogen and oxygen atoms in total. The molecule has 0 radical (unpaired) electrons. The molecule has 2 unspecified atom stereocenters. The predicted molar refractivity (Wildman–Crippen MR) is 75.7 cm³/mol. The summed E-state index contributed by atoms with van der Waals surface area (Å²) in [5.41, 5.74) is 0. The first-order valence-electron chi connectivity index (χ1n) is 7.20. The third-order valence-electron chi connectivity index (χ3n) is 4.39. The predicted octanol–water partition coefficient (Wildman–Crippen LogP) is 2.28. The van der Waals surface area contributed by atoms with Crippen LogP contribution in [0.15, 0.2) is 0 Å². The number of aliphatic hydroxyl groups excluding tert-OH is 1. The Kier molecular flexibility index (Phi) is 5.37. The molecule has 2 rings (SSSR count). The number of amides is 1. The molecular weight excluding hydrogens is 246 g/mol. The van der Waals surface area contributed by atoms with Gasteiger partial charge < -0.3 is 10.0 Å². The largest absolute Gasteiger partial charge is 0.391 e. The maximum absolute atomic E-state index is 12.3. The zero-order chi connectivity index (χ0) is 13.0. The minimum Gasteiger partial charge on any atom is -0.391 e. The van der Waals surface area contributed by atoms with Gasteiger partial charge in [0.05, 0.1) is 12.1 Å². The lowest BCUT2D eigenvalue weighted by molar-refractivity contribution is -0.136. The van der Waals surface area contributed by atoms with Gasteiger partial charge in [0, 0.05) is 13.5 Å². The Labute approximate surface area is 114 Å². The van der Waals surface area contributed by atoms with E-state index in [0.29, 0.717) is 12.3 Å². The second-order valence-corrected chi connectivity index (χ2v) is 6.91. The van der Waals surface area contributed by atoms with Gasteiger partial charge in [-0.2, -0.15) is 11.8 Å². The second-order valence-electron chi connectivity index (χ2n) is 5.68. The monoisotopic (exact) mass is 271 g/mol. The minimum absolute atomic E-state index is 0.0595. The number of likely N-dealkylation sites (N-methyl/N-ethyl adjacent to an activating group) is 1. The summed E-state index contributed by atoms with van der Waals surface area (Å²) in [5, 5.41) is 10.00. The van der Waals surface area contributed by atoms with E-state index in [1.807, 2.05) is 23.7 Å². The Bertz CT molecular complexity index is 279. The Morgan fingerprint density at radius 3 is 2.56 bits per heavy atom. The quantitative estimate of drug-likeness (QED) is 0.856. The number of rotatable bonds is 3. The molecule has 0 spiro atoms. The molecule has 1 heterocycles. The summed E-state index contributed by atoms with van der Waals surface area (Å²) in [6.45, 7) is 0. The van der Waals surface area contributed by atoms with Crippen LogP contribution >= 0.6 is 11.8 Å². The Hall–Kier alpha value is -0.220. The fourth-order valence-corrected chi connectivity index (χ4v) is 4.27. The summed E-state index contributed by atoms with van der Waals surface area (Å²) < 4.78 is 0. The average molecular weight is 271 g/mol. The fraction of sp³-hybridized carbons (Fsp3) is 0.929. The molecule has 0 aromatic rings. The highest BCUT2D eigenvalue weighted by atomic mass is 32.2. The van der Waals surface area contributed by atoms with Crippen molar-refractivity contribution >= 4 is 17.7 Å². The van der Waals surface area contributed by atoms with E-state index in [2.05, 4.69) is 0 Å². The number of hydrogen-bond acceptors (Lipinski definition) is 3. The summed E-state index contributed by atoms with van der Waals surface area (Å²) in [7, 11) is 1.87. The van der Waals surface area contributed by atoms with Crippen LogP contribution in [0, 0.1) is 5.92 Å². The molecule has 1 N–H and O–H groups in total. The van der Waals surface area contributed by atoms with E-state index >= 15 is 0 Å². The van der Waals surface area contributed by atoms with E-state index in [1.54, 1.807) is 0 Å². The van der Waals surface area contributed by atoms with E-state index < -0.39 is 0 Å². The molecule has 1 aliphatic heterocycles. The molecule has 104 valence electrons. The summed E-state index contributed by atoms with van der Waals surface area (Å²) in [4.78, 5) is 14.1. The van der Waals surface area contributed by atoms with Gasteiger partial charge in [-0.25, -0.2) is 0 Å². The van der Waals surface area contributed by atoms with Crippen molar-refractivity contribution < 1.29 is 9.90 Å². The molecule has 2 fully saturated rings. The molecule has 1 aliphatic carbocycles. The Balaban J connectivity index is 1.83. The number of thioether (sulfide) groups is 1. The van der Waals surface area contributed by atoms with E-state index in [1.165, 1.54) is 24.3 Å². The summed E-state index contributed by atoms with van der Waals surface area (Å²) in [6, 6.07) is 0.0595. The maximum Gasteiger partial charge on any atom is 0.222 e. The molecule has 0 aromatic heterocycles. The first-order chi connectivity index (χ1) is 8.68. The van der Waals surface area contributed by atoms with Gasteiger partial charge in [0.2, 0.25) is 5.91 Å². The molecule has 2 aliphatic rings. The van der Waals surface area contributed by atoms with E-state index in [4.69, 9.17) is 0 Å². The molecular formula is C14H25NO2S. The SMILES string of the molecule is CN(C(=O)CC1CCSCC1)C1CCCCC1O. The zero-order valence-corrected chi connectivity index (χ0v) is 12.1. The van der Waals surface area contributed by atoms with Crippen LogP contribution in [0.3, 0.4) is 0 Å². The van der Waals surface area contributed by atoms with E-state index in [9.17, 15) is 9.90 Å². The first-order valence-corrected chi connectivity index (χ1v) is 8.35. The van der Waals surface area contributed by atoms with Crippen LogP contribution in [0.1, 0.15) is 44.9 Å². The fourth-order valence-electron chi connectivity index (χ4n) is 3.07. The van der Waals surface area contributed by atoms with Gasteiger partial charge in [-0.05, 0) is 43.1 Å². The molecule has 4 heteroatoms. The van der Waals surface area contributed by atoms with Crippen LogP contribution in [0.25, 0.3) is 0 Å². The molecule has 1 amide bonds. The number of carbonyl (C=O) groups is 1. The van der Waals surface area contributed by atoms with Gasteiger partial charge in [0.1, 0.15) is 0 Å². The van der Waals surface area contributed by atoms with Crippen molar-refractivity contribution in [3.63, 3.8) is 0 Å². The smallest absolute Gasteiger partial charge is 0.222 e. The number of hydrogen-bond donors (Lipinski definition) is 1. The number of nitrogens with zero attached hydrogens (tertiary/aromatic N) is 1. The van der Waals surface area contributed by atoms with Crippen LogP contribution in [0.4, 0.5) is 0 Å². The van der Waals surface area contributed by atoms with Crippen molar-refractivity contribution in [2.75, 3.05) is 18.6 Å². The molecule has 18 heavy (non-hydrogen) atoms. The topological polar surface area (TPSA) is 40.5 Å². The number of aliphatic hydroxyl groups is 1. The lowest BCUT2D eigenvalue weighted by Crippen LogP contribution is -2.46.